The Morgan fingerprint density at radius 1 is 1.71 bits per heavy atom. The maximum Gasteiger partial charge on any atom is 0.237 e. The second-order valence-corrected chi connectivity index (χ2v) is 4.15. The second-order valence-electron chi connectivity index (χ2n) is 4.15. The number of hydrogen-bond acceptors (Lipinski definition) is 3. The number of nitrogens with one attached hydrogen (secondary N) is 2. The van der Waals surface area contributed by atoms with E-state index in [1.54, 1.807) is 0 Å². The van der Waals surface area contributed by atoms with Gasteiger partial charge >= 0.3 is 0 Å². The Bertz CT molecular complexity index is 196. The van der Waals surface area contributed by atoms with Gasteiger partial charge in [-0.3, -0.25) is 4.79 Å². The first kappa shape index (κ1) is 11.5. The van der Waals surface area contributed by atoms with Crippen LogP contribution >= 0.6 is 0 Å². The molecule has 1 aliphatic rings. The van der Waals surface area contributed by atoms with Crippen molar-refractivity contribution >= 4 is 5.91 Å². The lowest BCUT2D eigenvalue weighted by Crippen LogP contribution is -2.46. The number of hydrogen-bond donors (Lipinski definition) is 3. The zero-order chi connectivity index (χ0) is 10.6. The van der Waals surface area contributed by atoms with Crippen LogP contribution in [0.4, 0.5) is 0 Å². The highest BCUT2D eigenvalue weighted by Gasteiger charge is 2.23. The summed E-state index contributed by atoms with van der Waals surface area (Å²) in [6.45, 7) is 5.02. The van der Waals surface area contributed by atoms with Crippen molar-refractivity contribution in [2.24, 2.45) is 5.73 Å². The largest absolute Gasteiger partial charge is 0.351 e. The molecule has 4 N–H and O–H groups in total. The van der Waals surface area contributed by atoms with Crippen LogP contribution in [0.2, 0.25) is 0 Å². The second kappa shape index (κ2) is 5.32. The van der Waals surface area contributed by atoms with E-state index in [4.69, 9.17) is 5.73 Å². The summed E-state index contributed by atoms with van der Waals surface area (Å²) in [4.78, 5) is 11.5. The van der Waals surface area contributed by atoms with Gasteiger partial charge in [-0.15, -0.1) is 0 Å². The molecule has 2 unspecified atom stereocenters. The Morgan fingerprint density at radius 2 is 2.43 bits per heavy atom. The highest BCUT2D eigenvalue weighted by Crippen LogP contribution is 2.05. The molecule has 1 fully saturated rings. The van der Waals surface area contributed by atoms with Crippen molar-refractivity contribution in [1.82, 2.24) is 10.6 Å². The van der Waals surface area contributed by atoms with Crippen molar-refractivity contribution in [3.05, 3.63) is 0 Å². The van der Waals surface area contributed by atoms with Gasteiger partial charge in [-0.2, -0.15) is 0 Å². The maximum absolute atomic E-state index is 11.5. The van der Waals surface area contributed by atoms with Gasteiger partial charge in [0.05, 0.1) is 6.04 Å². The van der Waals surface area contributed by atoms with E-state index in [2.05, 4.69) is 17.6 Å². The minimum atomic E-state index is -0.337. The van der Waals surface area contributed by atoms with Crippen LogP contribution in [-0.4, -0.2) is 30.6 Å². The van der Waals surface area contributed by atoms with Crippen LogP contribution < -0.4 is 16.4 Å². The molecule has 0 bridgehead atoms. The molecule has 4 nitrogen and oxygen atoms in total. The number of carbonyl (C=O) groups excluding carboxylic acids is 1. The molecular weight excluding hydrogens is 178 g/mol. The number of rotatable bonds is 4. The molecule has 0 spiro atoms. The normalized spacial score (nSPS) is 28.8. The summed E-state index contributed by atoms with van der Waals surface area (Å²) in [5.74, 6) is -0.00671. The van der Waals surface area contributed by atoms with Crippen molar-refractivity contribution < 1.29 is 4.79 Å². The summed E-state index contributed by atoms with van der Waals surface area (Å²) >= 11 is 0. The average molecular weight is 199 g/mol. The smallest absolute Gasteiger partial charge is 0.237 e. The maximum atomic E-state index is 11.5. The first-order valence-electron chi connectivity index (χ1n) is 5.42. The Morgan fingerprint density at radius 3 is 2.93 bits per heavy atom. The minimum Gasteiger partial charge on any atom is -0.351 e. The number of amides is 1. The lowest BCUT2D eigenvalue weighted by molar-refractivity contribution is -0.123. The minimum absolute atomic E-state index is 0.00671. The van der Waals surface area contributed by atoms with Crippen molar-refractivity contribution in [1.29, 1.82) is 0 Å². The summed E-state index contributed by atoms with van der Waals surface area (Å²) in [7, 11) is 0. The summed E-state index contributed by atoms with van der Waals surface area (Å²) in [5.41, 5.74) is 5.71. The molecule has 0 aromatic carbocycles. The zero-order valence-corrected chi connectivity index (χ0v) is 9.05. The lowest BCUT2D eigenvalue weighted by atomic mass is 10.1. The monoisotopic (exact) mass is 199 g/mol. The van der Waals surface area contributed by atoms with Crippen LogP contribution in [0.5, 0.6) is 0 Å². The van der Waals surface area contributed by atoms with Gasteiger partial charge in [-0.25, -0.2) is 0 Å². The van der Waals surface area contributed by atoms with Gasteiger partial charge in [-0.1, -0.05) is 13.3 Å². The van der Waals surface area contributed by atoms with Crippen LogP contribution in [0.15, 0.2) is 0 Å². The van der Waals surface area contributed by atoms with Gasteiger partial charge in [0, 0.05) is 18.6 Å². The fraction of sp³-hybridized carbons (Fsp3) is 0.900. The van der Waals surface area contributed by atoms with E-state index >= 15 is 0 Å². The average Bonchev–Trinajstić information content (AvgIpc) is 2.51. The van der Waals surface area contributed by atoms with E-state index in [1.807, 2.05) is 6.92 Å². The molecule has 1 rings (SSSR count). The Balaban J connectivity index is 2.26. The fourth-order valence-electron chi connectivity index (χ4n) is 1.80. The topological polar surface area (TPSA) is 67.2 Å². The van der Waals surface area contributed by atoms with E-state index in [0.29, 0.717) is 6.04 Å². The van der Waals surface area contributed by atoms with Gasteiger partial charge in [0.25, 0.3) is 0 Å². The molecule has 4 heteroatoms. The van der Waals surface area contributed by atoms with Crippen LogP contribution in [0, 0.1) is 0 Å². The first-order valence-corrected chi connectivity index (χ1v) is 5.42. The molecule has 14 heavy (non-hydrogen) atoms. The standard InChI is InChI=1S/C10H21N3O/c1-3-4-9(11)10(14)13-8-5-7(2)12-6-8/h7-9,12H,3-6,11H2,1-2H3,(H,13,14)/t7?,8?,9-/m0/s1. The lowest BCUT2D eigenvalue weighted by Gasteiger charge is -2.15. The zero-order valence-electron chi connectivity index (χ0n) is 9.05. The van der Waals surface area contributed by atoms with Gasteiger partial charge in [0.15, 0.2) is 0 Å². The third-order valence-electron chi connectivity index (χ3n) is 2.63. The molecule has 1 aliphatic heterocycles. The molecule has 1 heterocycles. The summed E-state index contributed by atoms with van der Waals surface area (Å²) in [6.07, 6.45) is 2.72. The Hall–Kier alpha value is -0.610. The molecule has 1 saturated heterocycles. The predicted octanol–water partition coefficient (Wildman–Crippen LogP) is -0.0196. The van der Waals surface area contributed by atoms with Crippen LogP contribution in [-0.2, 0) is 4.79 Å². The molecule has 82 valence electrons. The SMILES string of the molecule is CCC[C@H](N)C(=O)NC1CNC(C)C1. The molecule has 0 radical (unpaired) electrons. The fourth-order valence-corrected chi connectivity index (χ4v) is 1.80. The predicted molar refractivity (Wildman–Crippen MR) is 56.9 cm³/mol. The van der Waals surface area contributed by atoms with Gasteiger partial charge < -0.3 is 16.4 Å². The van der Waals surface area contributed by atoms with Crippen LogP contribution in [0.25, 0.3) is 0 Å². The molecular formula is C10H21N3O. The Kier molecular flexibility index (Phi) is 4.35. The van der Waals surface area contributed by atoms with E-state index < -0.39 is 0 Å². The molecule has 3 atom stereocenters. The first-order chi connectivity index (χ1) is 6.63. The highest BCUT2D eigenvalue weighted by molar-refractivity contribution is 5.81. The van der Waals surface area contributed by atoms with Gasteiger partial charge in [-0.05, 0) is 19.8 Å². The third kappa shape index (κ3) is 3.27. The van der Waals surface area contributed by atoms with Crippen LogP contribution in [0.3, 0.4) is 0 Å². The quantitative estimate of drug-likeness (QED) is 0.596. The van der Waals surface area contributed by atoms with E-state index in [-0.39, 0.29) is 18.0 Å². The van der Waals surface area contributed by atoms with Crippen molar-refractivity contribution in [2.45, 2.75) is 51.2 Å². The van der Waals surface area contributed by atoms with Crippen LogP contribution in [0.1, 0.15) is 33.1 Å². The van der Waals surface area contributed by atoms with Gasteiger partial charge in [0.1, 0.15) is 0 Å². The van der Waals surface area contributed by atoms with Crippen molar-refractivity contribution in [2.75, 3.05) is 6.54 Å². The van der Waals surface area contributed by atoms with E-state index in [0.717, 1.165) is 25.8 Å². The molecule has 0 saturated carbocycles. The van der Waals surface area contributed by atoms with Crippen molar-refractivity contribution in [3.63, 3.8) is 0 Å². The Labute approximate surface area is 85.6 Å². The molecule has 0 aliphatic carbocycles. The summed E-state index contributed by atoms with van der Waals surface area (Å²) in [5, 5.41) is 6.26. The summed E-state index contributed by atoms with van der Waals surface area (Å²) in [6, 6.07) is 0.430. The molecule has 0 aromatic heterocycles. The molecule has 1 amide bonds. The third-order valence-corrected chi connectivity index (χ3v) is 2.63. The number of carbonyl (C=O) groups is 1. The van der Waals surface area contributed by atoms with Gasteiger partial charge in [0.2, 0.25) is 5.91 Å². The van der Waals surface area contributed by atoms with Crippen molar-refractivity contribution in [3.8, 4) is 0 Å². The van der Waals surface area contributed by atoms with E-state index in [9.17, 15) is 4.79 Å². The summed E-state index contributed by atoms with van der Waals surface area (Å²) < 4.78 is 0. The molecule has 0 aromatic rings. The van der Waals surface area contributed by atoms with E-state index in [1.165, 1.54) is 0 Å². The highest BCUT2D eigenvalue weighted by atomic mass is 16.2. The number of nitrogens with two attached hydrogens (primary N) is 1.